The van der Waals surface area contributed by atoms with E-state index < -0.39 is 12.0 Å². The highest BCUT2D eigenvalue weighted by Crippen LogP contribution is 2.25. The van der Waals surface area contributed by atoms with Crippen LogP contribution in [0.25, 0.3) is 0 Å². The van der Waals surface area contributed by atoms with E-state index in [0.717, 1.165) is 6.42 Å². The molecule has 0 spiro atoms. The summed E-state index contributed by atoms with van der Waals surface area (Å²) in [6.07, 6.45) is 1.43. The molecule has 1 aromatic carbocycles. The van der Waals surface area contributed by atoms with E-state index in [9.17, 15) is 9.18 Å². The number of halogens is 3. The van der Waals surface area contributed by atoms with Gasteiger partial charge in [-0.1, -0.05) is 17.7 Å². The van der Waals surface area contributed by atoms with Crippen LogP contribution in [0.4, 0.5) is 4.39 Å². The molecular formula is C12H14Cl2FNO2. The fourth-order valence-electron chi connectivity index (χ4n) is 2.18. The Morgan fingerprint density at radius 2 is 2.28 bits per heavy atom. The van der Waals surface area contributed by atoms with E-state index in [1.54, 1.807) is 17.0 Å². The molecule has 0 saturated carbocycles. The lowest BCUT2D eigenvalue weighted by Gasteiger charge is -2.21. The molecule has 6 heteroatoms. The number of carboxylic acid groups (broad SMARTS) is 1. The Morgan fingerprint density at radius 1 is 1.56 bits per heavy atom. The Balaban J connectivity index is 0.00000162. The quantitative estimate of drug-likeness (QED) is 0.931. The van der Waals surface area contributed by atoms with E-state index in [1.165, 1.54) is 6.07 Å². The van der Waals surface area contributed by atoms with Gasteiger partial charge >= 0.3 is 5.97 Å². The van der Waals surface area contributed by atoms with Crippen molar-refractivity contribution in [3.05, 3.63) is 34.6 Å². The molecule has 1 aliphatic rings. The molecule has 3 nitrogen and oxygen atoms in total. The molecule has 1 aromatic rings. The molecule has 1 aliphatic heterocycles. The van der Waals surface area contributed by atoms with Crippen LogP contribution in [0.1, 0.15) is 18.4 Å². The molecule has 0 amide bonds. The van der Waals surface area contributed by atoms with Crippen molar-refractivity contribution in [3.8, 4) is 0 Å². The average Bonchev–Trinajstić information content (AvgIpc) is 2.72. The maximum absolute atomic E-state index is 13.6. The SMILES string of the molecule is Cl.O=C(O)[C@H]1CCCN1Cc1c(F)cccc1Cl. The van der Waals surface area contributed by atoms with Crippen molar-refractivity contribution >= 4 is 30.0 Å². The molecule has 100 valence electrons. The molecule has 0 radical (unpaired) electrons. The number of likely N-dealkylation sites (tertiary alicyclic amines) is 1. The molecule has 1 fully saturated rings. The Morgan fingerprint density at radius 3 is 2.89 bits per heavy atom. The van der Waals surface area contributed by atoms with Crippen molar-refractivity contribution in [2.75, 3.05) is 6.54 Å². The van der Waals surface area contributed by atoms with Gasteiger partial charge in [-0.3, -0.25) is 9.69 Å². The Bertz CT molecular complexity index is 422. The summed E-state index contributed by atoms with van der Waals surface area (Å²) in [4.78, 5) is 12.8. The predicted molar refractivity (Wildman–Crippen MR) is 69.7 cm³/mol. The third kappa shape index (κ3) is 3.13. The van der Waals surface area contributed by atoms with Gasteiger partial charge in [0.1, 0.15) is 11.9 Å². The van der Waals surface area contributed by atoms with Gasteiger partial charge in [0.2, 0.25) is 0 Å². The number of nitrogens with zero attached hydrogens (tertiary/aromatic N) is 1. The Kier molecular flexibility index (Phi) is 5.38. The molecule has 1 saturated heterocycles. The summed E-state index contributed by atoms with van der Waals surface area (Å²) in [5, 5.41) is 9.38. The summed E-state index contributed by atoms with van der Waals surface area (Å²) >= 11 is 5.92. The van der Waals surface area contributed by atoms with Gasteiger partial charge < -0.3 is 5.11 Å². The minimum Gasteiger partial charge on any atom is -0.480 e. The second kappa shape index (κ2) is 6.36. The second-order valence-electron chi connectivity index (χ2n) is 4.17. The molecule has 18 heavy (non-hydrogen) atoms. The molecular weight excluding hydrogens is 280 g/mol. The first-order valence-electron chi connectivity index (χ1n) is 5.49. The molecule has 0 bridgehead atoms. The van der Waals surface area contributed by atoms with Crippen LogP contribution in [0.2, 0.25) is 5.02 Å². The maximum Gasteiger partial charge on any atom is 0.320 e. The van der Waals surface area contributed by atoms with Crippen molar-refractivity contribution < 1.29 is 14.3 Å². The summed E-state index contributed by atoms with van der Waals surface area (Å²) in [5.74, 6) is -1.23. The van der Waals surface area contributed by atoms with Gasteiger partial charge in [-0.2, -0.15) is 0 Å². The lowest BCUT2D eigenvalue weighted by Crippen LogP contribution is -2.35. The Hall–Kier alpha value is -0.840. The van der Waals surface area contributed by atoms with Gasteiger partial charge in [-0.05, 0) is 31.5 Å². The number of aliphatic carboxylic acids is 1. The normalized spacial score (nSPS) is 19.6. The number of hydrogen-bond acceptors (Lipinski definition) is 2. The lowest BCUT2D eigenvalue weighted by molar-refractivity contribution is -0.142. The third-order valence-corrected chi connectivity index (χ3v) is 3.43. The number of carbonyl (C=O) groups is 1. The summed E-state index contributed by atoms with van der Waals surface area (Å²) in [5.41, 5.74) is 0.377. The monoisotopic (exact) mass is 293 g/mol. The zero-order valence-corrected chi connectivity index (χ0v) is 11.2. The van der Waals surface area contributed by atoms with Crippen LogP contribution in [-0.2, 0) is 11.3 Å². The van der Waals surface area contributed by atoms with Crippen LogP contribution in [-0.4, -0.2) is 28.6 Å². The fourth-order valence-corrected chi connectivity index (χ4v) is 2.40. The maximum atomic E-state index is 13.6. The van der Waals surface area contributed by atoms with Crippen LogP contribution >= 0.6 is 24.0 Å². The number of hydrogen-bond donors (Lipinski definition) is 1. The Labute approximate surface area is 116 Å². The minimum atomic E-state index is -0.852. The summed E-state index contributed by atoms with van der Waals surface area (Å²) in [6.45, 7) is 0.921. The zero-order valence-electron chi connectivity index (χ0n) is 9.60. The van der Waals surface area contributed by atoms with Gasteiger partial charge in [-0.25, -0.2) is 4.39 Å². The first kappa shape index (κ1) is 15.2. The molecule has 1 atom stereocenters. The predicted octanol–water partition coefficient (Wildman–Crippen LogP) is 2.95. The van der Waals surface area contributed by atoms with E-state index in [4.69, 9.17) is 16.7 Å². The second-order valence-corrected chi connectivity index (χ2v) is 4.57. The highest BCUT2D eigenvalue weighted by molar-refractivity contribution is 6.31. The van der Waals surface area contributed by atoms with E-state index in [-0.39, 0.29) is 24.8 Å². The van der Waals surface area contributed by atoms with Crippen molar-refractivity contribution in [1.29, 1.82) is 0 Å². The number of carboxylic acids is 1. The van der Waals surface area contributed by atoms with E-state index >= 15 is 0 Å². The van der Waals surface area contributed by atoms with Crippen LogP contribution in [0.3, 0.4) is 0 Å². The lowest BCUT2D eigenvalue weighted by atomic mass is 10.1. The zero-order chi connectivity index (χ0) is 12.4. The topological polar surface area (TPSA) is 40.5 Å². The summed E-state index contributed by atoms with van der Waals surface area (Å²) in [7, 11) is 0. The van der Waals surface area contributed by atoms with Crippen LogP contribution in [0, 0.1) is 5.82 Å². The molecule has 1 heterocycles. The molecule has 1 N–H and O–H groups in total. The molecule has 2 rings (SSSR count). The van der Waals surface area contributed by atoms with Gasteiger partial charge in [-0.15, -0.1) is 12.4 Å². The van der Waals surface area contributed by atoms with Crippen molar-refractivity contribution in [3.63, 3.8) is 0 Å². The highest BCUT2D eigenvalue weighted by Gasteiger charge is 2.31. The van der Waals surface area contributed by atoms with Gasteiger partial charge in [0.15, 0.2) is 0 Å². The molecule has 0 aliphatic carbocycles. The summed E-state index contributed by atoms with van der Waals surface area (Å²) in [6, 6.07) is 3.98. The van der Waals surface area contributed by atoms with Crippen molar-refractivity contribution in [2.24, 2.45) is 0 Å². The van der Waals surface area contributed by atoms with Gasteiger partial charge in [0, 0.05) is 17.1 Å². The number of benzene rings is 1. The molecule has 0 aromatic heterocycles. The van der Waals surface area contributed by atoms with E-state index in [0.29, 0.717) is 23.6 Å². The number of rotatable bonds is 3. The van der Waals surface area contributed by atoms with Crippen LogP contribution in [0.5, 0.6) is 0 Å². The smallest absolute Gasteiger partial charge is 0.320 e. The molecule has 0 unspecified atom stereocenters. The van der Waals surface area contributed by atoms with E-state index in [1.807, 2.05) is 0 Å². The third-order valence-electron chi connectivity index (χ3n) is 3.07. The van der Waals surface area contributed by atoms with E-state index in [2.05, 4.69) is 0 Å². The fraction of sp³-hybridized carbons (Fsp3) is 0.417. The van der Waals surface area contributed by atoms with Gasteiger partial charge in [0.25, 0.3) is 0 Å². The first-order chi connectivity index (χ1) is 8.09. The van der Waals surface area contributed by atoms with Crippen LogP contribution < -0.4 is 0 Å². The van der Waals surface area contributed by atoms with Crippen molar-refractivity contribution in [1.82, 2.24) is 4.90 Å². The van der Waals surface area contributed by atoms with Gasteiger partial charge in [0.05, 0.1) is 0 Å². The standard InChI is InChI=1S/C12H13ClFNO2.ClH/c13-9-3-1-4-10(14)8(9)7-15-6-2-5-11(15)12(16)17;/h1,3-4,11H,2,5-7H2,(H,16,17);1H/t11-;/m1./s1. The first-order valence-corrected chi connectivity index (χ1v) is 5.87. The minimum absolute atomic E-state index is 0. The average molecular weight is 294 g/mol. The van der Waals surface area contributed by atoms with Crippen molar-refractivity contribution in [2.45, 2.75) is 25.4 Å². The van der Waals surface area contributed by atoms with Crippen LogP contribution in [0.15, 0.2) is 18.2 Å². The highest BCUT2D eigenvalue weighted by atomic mass is 35.5. The summed E-state index contributed by atoms with van der Waals surface area (Å²) < 4.78 is 13.6. The largest absolute Gasteiger partial charge is 0.480 e.